The van der Waals surface area contributed by atoms with E-state index < -0.39 is 82.4 Å². The maximum Gasteiger partial charge on any atom is 0.327 e. The van der Waals surface area contributed by atoms with Crippen LogP contribution in [0.5, 0.6) is 11.5 Å². The molecule has 8 atom stereocenters. The monoisotopic (exact) mass is 603 g/mol. The van der Waals surface area contributed by atoms with Crippen LogP contribution in [0.1, 0.15) is 48.8 Å². The van der Waals surface area contributed by atoms with Crippen LogP contribution >= 0.6 is 0 Å². The number of rotatable bonds is 6. The van der Waals surface area contributed by atoms with Gasteiger partial charge in [-0.2, -0.15) is 0 Å². The molecule has 4 fully saturated rings. The third kappa shape index (κ3) is 3.21. The highest BCUT2D eigenvalue weighted by molar-refractivity contribution is 6.09. The van der Waals surface area contributed by atoms with E-state index >= 15 is 0 Å². The lowest BCUT2D eigenvalue weighted by Gasteiger charge is -2.45. The van der Waals surface area contributed by atoms with Crippen molar-refractivity contribution in [1.82, 2.24) is 4.90 Å². The lowest BCUT2D eigenvalue weighted by molar-refractivity contribution is -0.172. The fraction of sp³-hybridized carbons (Fsp3) is 0.438. The molecule has 0 amide bonds. The van der Waals surface area contributed by atoms with Gasteiger partial charge in [0.2, 0.25) is 0 Å². The third-order valence-corrected chi connectivity index (χ3v) is 10.3. The van der Waals surface area contributed by atoms with Crippen molar-refractivity contribution in [3.05, 3.63) is 59.2 Å². The first-order valence-electron chi connectivity index (χ1n) is 14.3. The Kier molecular flexibility index (Phi) is 6.06. The van der Waals surface area contributed by atoms with Gasteiger partial charge in [-0.3, -0.25) is 33.7 Å². The molecule has 12 nitrogen and oxygen atoms in total. The molecule has 12 heteroatoms. The van der Waals surface area contributed by atoms with Crippen LogP contribution in [0.15, 0.2) is 42.5 Å². The number of methoxy groups -OCH3 is 2. The molecule has 2 aliphatic carbocycles. The first-order valence-corrected chi connectivity index (χ1v) is 14.3. The largest absolute Gasteiger partial charge is 0.468 e. The summed E-state index contributed by atoms with van der Waals surface area (Å²) in [6, 6.07) is 12.1. The Bertz CT molecular complexity index is 1570. The summed E-state index contributed by atoms with van der Waals surface area (Å²) in [5, 5.41) is 0. The zero-order chi connectivity index (χ0) is 31.3. The molecule has 44 heavy (non-hydrogen) atoms. The number of carbonyl (C=O) groups is 6. The van der Waals surface area contributed by atoms with Gasteiger partial charge in [0.25, 0.3) is 0 Å². The highest BCUT2D eigenvalue weighted by atomic mass is 16.6. The molecule has 0 N–H and O–H groups in total. The number of carbonyl (C=O) groups excluding carboxylic acids is 6. The Labute approximate surface area is 251 Å². The van der Waals surface area contributed by atoms with Crippen LogP contribution in [0, 0.1) is 23.7 Å². The van der Waals surface area contributed by atoms with Gasteiger partial charge in [0.1, 0.15) is 34.4 Å². The molecule has 7 rings (SSSR count). The molecule has 5 aliphatic rings. The summed E-state index contributed by atoms with van der Waals surface area (Å²) in [7, 11) is 2.40. The molecular formula is C32H29NO11. The topological polar surface area (TPSA) is 152 Å². The molecule has 2 aromatic carbocycles. The van der Waals surface area contributed by atoms with Gasteiger partial charge < -0.3 is 23.7 Å². The number of benzene rings is 2. The molecule has 0 spiro atoms. The molecular weight excluding hydrogens is 574 g/mol. The Morgan fingerprint density at radius 3 is 1.64 bits per heavy atom. The molecule has 3 heterocycles. The Balaban J connectivity index is 1.55. The summed E-state index contributed by atoms with van der Waals surface area (Å²) in [6.45, 7) is 2.53. The van der Waals surface area contributed by atoms with E-state index in [4.69, 9.17) is 23.7 Å². The average molecular weight is 604 g/mol. The SMILES string of the molecule is COC(=O)[C@]12[C@@H]3[C@@H]([C@@H]4C[C@H]3c3c(OC(C)=O)ccc(OC(C)=O)c34)[C@](C(=O)OC)([C@H]3C(=O)OC(=O)[C@H]31)N2Cc1ccccc1. The summed E-state index contributed by atoms with van der Waals surface area (Å²) in [4.78, 5) is 81.9. The maximum absolute atomic E-state index is 14.4. The quantitative estimate of drug-likeness (QED) is 0.206. The number of nitrogens with zero attached hydrogens (tertiary/aromatic N) is 1. The summed E-state index contributed by atoms with van der Waals surface area (Å²) in [5.41, 5.74) is -1.82. The number of ether oxygens (including phenoxy) is 5. The average Bonchev–Trinajstić information content (AvgIpc) is 3.76. The summed E-state index contributed by atoms with van der Waals surface area (Å²) in [5.74, 6) is -9.47. The highest BCUT2D eigenvalue weighted by Gasteiger charge is 2.92. The number of cyclic esters (lactones) is 2. The van der Waals surface area contributed by atoms with Gasteiger partial charge in [-0.05, 0) is 36.0 Å². The molecule has 3 aliphatic heterocycles. The van der Waals surface area contributed by atoms with Crippen molar-refractivity contribution in [1.29, 1.82) is 0 Å². The second-order valence-electron chi connectivity index (χ2n) is 12.0. The Morgan fingerprint density at radius 2 is 1.23 bits per heavy atom. The minimum atomic E-state index is -1.82. The van der Waals surface area contributed by atoms with Gasteiger partial charge in [0, 0.05) is 43.4 Å². The van der Waals surface area contributed by atoms with Gasteiger partial charge in [-0.15, -0.1) is 0 Å². The zero-order valence-electron chi connectivity index (χ0n) is 24.4. The van der Waals surface area contributed by atoms with Crippen molar-refractivity contribution in [2.45, 2.75) is 49.7 Å². The smallest absolute Gasteiger partial charge is 0.327 e. The van der Waals surface area contributed by atoms with Gasteiger partial charge in [-0.25, -0.2) is 0 Å². The highest BCUT2D eigenvalue weighted by Crippen LogP contribution is 2.80. The molecule has 228 valence electrons. The lowest BCUT2D eigenvalue weighted by Crippen LogP contribution is -2.60. The van der Waals surface area contributed by atoms with Gasteiger partial charge in [0.05, 0.1) is 14.2 Å². The third-order valence-electron chi connectivity index (χ3n) is 10.3. The normalized spacial score (nSPS) is 33.7. The van der Waals surface area contributed by atoms with Crippen LogP contribution in [-0.4, -0.2) is 66.0 Å². The van der Waals surface area contributed by atoms with Crippen molar-refractivity contribution < 1.29 is 52.5 Å². The van der Waals surface area contributed by atoms with E-state index in [1.807, 2.05) is 18.2 Å². The van der Waals surface area contributed by atoms with Crippen molar-refractivity contribution in [2.24, 2.45) is 23.7 Å². The van der Waals surface area contributed by atoms with Gasteiger partial charge in [0.15, 0.2) is 0 Å². The fourth-order valence-electron chi connectivity index (χ4n) is 9.56. The van der Waals surface area contributed by atoms with Crippen LogP contribution in [0.4, 0.5) is 0 Å². The molecule has 4 bridgehead atoms. The van der Waals surface area contributed by atoms with Crippen molar-refractivity contribution >= 4 is 35.8 Å². The van der Waals surface area contributed by atoms with E-state index in [1.165, 1.54) is 40.2 Å². The standard InChI is InChI=1S/C32H29NO11/c1-14(34)42-19-10-11-20(43-15(2)35)22-18-12-17(21(19)22)23-24(18)32(30(39)41-4)26-25(27(36)44-28(26)37)31(23,29(38)40-3)33(32)13-16-8-6-5-7-9-16/h5-11,17-18,23-26H,12-13H2,1-4H3/t17-,18+,23-,24+,25-,26+,31-,32+. The zero-order valence-corrected chi connectivity index (χ0v) is 24.4. The van der Waals surface area contributed by atoms with Crippen molar-refractivity contribution in [3.63, 3.8) is 0 Å². The van der Waals surface area contributed by atoms with Crippen LogP contribution in [0.25, 0.3) is 0 Å². The fourth-order valence-corrected chi connectivity index (χ4v) is 9.56. The number of fused-ring (bicyclic) bond motifs is 15. The van der Waals surface area contributed by atoms with E-state index in [1.54, 1.807) is 17.0 Å². The van der Waals surface area contributed by atoms with E-state index in [9.17, 15) is 28.8 Å². The number of hydrogen-bond acceptors (Lipinski definition) is 12. The lowest BCUT2D eigenvalue weighted by atomic mass is 9.53. The predicted molar refractivity (Wildman–Crippen MR) is 146 cm³/mol. The van der Waals surface area contributed by atoms with Crippen LogP contribution in [-0.2, 0) is 49.5 Å². The molecule has 1 saturated carbocycles. The maximum atomic E-state index is 14.4. The number of esters is 6. The Morgan fingerprint density at radius 1 is 0.773 bits per heavy atom. The van der Waals surface area contributed by atoms with E-state index in [0.717, 1.165) is 5.56 Å². The second kappa shape index (κ2) is 9.46. The first kappa shape index (κ1) is 28.2. The molecule has 2 aromatic rings. The van der Waals surface area contributed by atoms with Gasteiger partial charge >= 0.3 is 35.8 Å². The molecule has 0 radical (unpaired) electrons. The first-order chi connectivity index (χ1) is 21.0. The minimum absolute atomic E-state index is 0.00892. The molecule has 0 aromatic heterocycles. The minimum Gasteiger partial charge on any atom is -0.468 e. The second-order valence-corrected chi connectivity index (χ2v) is 12.0. The summed E-state index contributed by atoms with van der Waals surface area (Å²) in [6.07, 6.45) is 0.372. The van der Waals surface area contributed by atoms with Crippen LogP contribution in [0.2, 0.25) is 0 Å². The van der Waals surface area contributed by atoms with Crippen LogP contribution in [0.3, 0.4) is 0 Å². The Hall–Kier alpha value is -4.58. The van der Waals surface area contributed by atoms with Crippen molar-refractivity contribution in [2.75, 3.05) is 14.2 Å². The van der Waals surface area contributed by atoms with E-state index in [2.05, 4.69) is 0 Å². The summed E-state index contributed by atoms with van der Waals surface area (Å²) < 4.78 is 27.3. The van der Waals surface area contributed by atoms with E-state index in [0.29, 0.717) is 17.5 Å². The van der Waals surface area contributed by atoms with Crippen molar-refractivity contribution in [3.8, 4) is 11.5 Å². The predicted octanol–water partition coefficient (Wildman–Crippen LogP) is 2.02. The molecule has 3 saturated heterocycles. The van der Waals surface area contributed by atoms with E-state index in [-0.39, 0.29) is 18.0 Å². The van der Waals surface area contributed by atoms with Gasteiger partial charge in [-0.1, -0.05) is 30.3 Å². The molecule has 0 unspecified atom stereocenters. The summed E-state index contributed by atoms with van der Waals surface area (Å²) >= 11 is 0. The van der Waals surface area contributed by atoms with Crippen LogP contribution < -0.4 is 9.47 Å². The number of hydrogen-bond donors (Lipinski definition) is 0.